The number of ether oxygens (including phenoxy) is 2. The summed E-state index contributed by atoms with van der Waals surface area (Å²) in [6, 6.07) is 20.2. The Bertz CT molecular complexity index is 1380. The topological polar surface area (TPSA) is 88.2 Å². The van der Waals surface area contributed by atoms with Crippen molar-refractivity contribution in [2.45, 2.75) is 37.9 Å². The summed E-state index contributed by atoms with van der Waals surface area (Å²) in [5, 5.41) is 2.92. The Morgan fingerprint density at radius 2 is 1.58 bits per heavy atom. The zero-order valence-corrected chi connectivity index (χ0v) is 22.5. The summed E-state index contributed by atoms with van der Waals surface area (Å²) in [5.74, 6) is 0.0122. The van der Waals surface area contributed by atoms with E-state index in [4.69, 9.17) is 9.47 Å². The third-order valence-corrected chi connectivity index (χ3v) is 8.68. The standard InChI is InChI=1S/C29H33N3O5S/c1-21-3-10-25(11-4-21)38(34,35)32-20-28(37-27-17-22(2)5-12-26(27)32)29(33)30-18-23-6-8-24(9-7-23)19-31-13-15-36-16-14-31/h3-12,17,28H,13-16,18-20H2,1-2H3,(H,30,33)/t28-/m0/s1. The molecule has 3 aromatic carbocycles. The van der Waals surface area contributed by atoms with Crippen LogP contribution in [0.3, 0.4) is 0 Å². The maximum Gasteiger partial charge on any atom is 0.264 e. The predicted octanol–water partition coefficient (Wildman–Crippen LogP) is 3.41. The minimum absolute atomic E-state index is 0.114. The molecule has 0 aliphatic carbocycles. The Morgan fingerprint density at radius 1 is 0.921 bits per heavy atom. The molecule has 1 fully saturated rings. The van der Waals surface area contributed by atoms with Crippen LogP contribution in [0.15, 0.2) is 71.6 Å². The number of carbonyl (C=O) groups excluding carboxylic acids is 1. The van der Waals surface area contributed by atoms with Crippen LogP contribution in [0.25, 0.3) is 0 Å². The highest BCUT2D eigenvalue weighted by molar-refractivity contribution is 7.92. The number of morpholine rings is 1. The van der Waals surface area contributed by atoms with Gasteiger partial charge in [-0.25, -0.2) is 8.42 Å². The average Bonchev–Trinajstić information content (AvgIpc) is 2.92. The van der Waals surface area contributed by atoms with Gasteiger partial charge in [-0.1, -0.05) is 48.0 Å². The lowest BCUT2D eigenvalue weighted by atomic mass is 10.1. The van der Waals surface area contributed by atoms with Crippen molar-refractivity contribution >= 4 is 21.6 Å². The van der Waals surface area contributed by atoms with E-state index in [1.54, 1.807) is 36.4 Å². The number of sulfonamides is 1. The van der Waals surface area contributed by atoms with Gasteiger partial charge in [0.1, 0.15) is 5.75 Å². The monoisotopic (exact) mass is 535 g/mol. The lowest BCUT2D eigenvalue weighted by molar-refractivity contribution is -0.127. The Kier molecular flexibility index (Phi) is 7.69. The van der Waals surface area contributed by atoms with Crippen LogP contribution in [0.4, 0.5) is 5.69 Å². The Hall–Kier alpha value is -3.40. The molecule has 9 heteroatoms. The summed E-state index contributed by atoms with van der Waals surface area (Å²) in [4.78, 5) is 15.7. The first-order valence-corrected chi connectivity index (χ1v) is 14.3. The summed E-state index contributed by atoms with van der Waals surface area (Å²) in [5.41, 5.74) is 4.47. The van der Waals surface area contributed by atoms with Crippen molar-refractivity contribution < 1.29 is 22.7 Å². The van der Waals surface area contributed by atoms with Crippen LogP contribution in [0.1, 0.15) is 22.3 Å². The SMILES string of the molecule is Cc1ccc(S(=O)(=O)N2C[C@@H](C(=O)NCc3ccc(CN4CCOCC4)cc3)Oc3cc(C)ccc32)cc1. The van der Waals surface area contributed by atoms with Crippen molar-refractivity contribution in [1.29, 1.82) is 0 Å². The predicted molar refractivity (Wildman–Crippen MR) is 146 cm³/mol. The third kappa shape index (κ3) is 5.85. The second-order valence-corrected chi connectivity index (χ2v) is 11.7. The van der Waals surface area contributed by atoms with Gasteiger partial charge in [-0.15, -0.1) is 0 Å². The number of fused-ring (bicyclic) bond motifs is 1. The van der Waals surface area contributed by atoms with Crippen LogP contribution in [0.5, 0.6) is 5.75 Å². The normalized spacial score (nSPS) is 17.9. The summed E-state index contributed by atoms with van der Waals surface area (Å²) in [6.07, 6.45) is -0.981. The van der Waals surface area contributed by atoms with Crippen molar-refractivity contribution in [3.63, 3.8) is 0 Å². The number of nitrogens with one attached hydrogen (secondary N) is 1. The molecule has 5 rings (SSSR count). The van der Waals surface area contributed by atoms with Crippen molar-refractivity contribution in [2.75, 3.05) is 37.2 Å². The largest absolute Gasteiger partial charge is 0.476 e. The lowest BCUT2D eigenvalue weighted by Gasteiger charge is -2.35. The molecule has 1 amide bonds. The van der Waals surface area contributed by atoms with E-state index in [1.165, 1.54) is 9.87 Å². The third-order valence-electron chi connectivity index (χ3n) is 6.89. The zero-order chi connectivity index (χ0) is 26.7. The molecule has 3 aromatic rings. The van der Waals surface area contributed by atoms with Crippen LogP contribution in [0.2, 0.25) is 0 Å². The Morgan fingerprint density at radius 3 is 2.29 bits per heavy atom. The van der Waals surface area contributed by atoms with Crippen molar-refractivity contribution in [1.82, 2.24) is 10.2 Å². The van der Waals surface area contributed by atoms with Gasteiger partial charge < -0.3 is 14.8 Å². The minimum Gasteiger partial charge on any atom is -0.476 e. The fourth-order valence-corrected chi connectivity index (χ4v) is 6.12. The van der Waals surface area contributed by atoms with Crippen LogP contribution in [0, 0.1) is 13.8 Å². The van der Waals surface area contributed by atoms with Crippen LogP contribution < -0.4 is 14.4 Å². The number of nitrogens with zero attached hydrogens (tertiary/aromatic N) is 2. The first kappa shape index (κ1) is 26.2. The van der Waals surface area contributed by atoms with Gasteiger partial charge in [-0.05, 0) is 54.8 Å². The molecule has 0 unspecified atom stereocenters. The number of hydrogen-bond donors (Lipinski definition) is 1. The number of rotatable bonds is 7. The highest BCUT2D eigenvalue weighted by atomic mass is 32.2. The molecule has 1 atom stereocenters. The van der Waals surface area contributed by atoms with E-state index in [0.717, 1.165) is 49.5 Å². The smallest absolute Gasteiger partial charge is 0.264 e. The fourth-order valence-electron chi connectivity index (χ4n) is 4.65. The number of amides is 1. The molecular formula is C29H33N3O5S. The second kappa shape index (κ2) is 11.1. The van der Waals surface area contributed by atoms with E-state index in [1.807, 2.05) is 32.0 Å². The summed E-state index contributed by atoms with van der Waals surface area (Å²) < 4.78 is 39.9. The molecule has 2 heterocycles. The van der Waals surface area contributed by atoms with E-state index in [-0.39, 0.29) is 17.3 Å². The molecule has 2 aliphatic heterocycles. The van der Waals surface area contributed by atoms with Crippen LogP contribution >= 0.6 is 0 Å². The number of anilines is 1. The number of carbonyl (C=O) groups is 1. The molecular weight excluding hydrogens is 502 g/mol. The zero-order valence-electron chi connectivity index (χ0n) is 21.7. The summed E-state index contributed by atoms with van der Waals surface area (Å²) in [6.45, 7) is 8.27. The highest BCUT2D eigenvalue weighted by Gasteiger charge is 2.37. The maximum atomic E-state index is 13.6. The van der Waals surface area contributed by atoms with Gasteiger partial charge in [0.15, 0.2) is 6.10 Å². The van der Waals surface area contributed by atoms with Gasteiger partial charge in [-0.3, -0.25) is 14.0 Å². The number of aryl methyl sites for hydroxylation is 2. The molecule has 2 aliphatic rings. The van der Waals surface area contributed by atoms with Crippen molar-refractivity contribution in [3.05, 3.63) is 89.0 Å². The van der Waals surface area contributed by atoms with Crippen molar-refractivity contribution in [2.24, 2.45) is 0 Å². The van der Waals surface area contributed by atoms with E-state index >= 15 is 0 Å². The van der Waals surface area contributed by atoms with Gasteiger partial charge in [-0.2, -0.15) is 0 Å². The first-order chi connectivity index (χ1) is 18.3. The van der Waals surface area contributed by atoms with E-state index in [0.29, 0.717) is 18.0 Å². The van der Waals surface area contributed by atoms with E-state index in [9.17, 15) is 13.2 Å². The molecule has 0 aromatic heterocycles. The van der Waals surface area contributed by atoms with Gasteiger partial charge in [0.05, 0.1) is 30.3 Å². The number of benzene rings is 3. The van der Waals surface area contributed by atoms with Crippen molar-refractivity contribution in [3.8, 4) is 5.75 Å². The lowest BCUT2D eigenvalue weighted by Crippen LogP contribution is -2.50. The van der Waals surface area contributed by atoms with Crippen LogP contribution in [-0.2, 0) is 32.6 Å². The molecule has 0 bridgehead atoms. The minimum atomic E-state index is -3.89. The van der Waals surface area contributed by atoms with E-state index < -0.39 is 16.1 Å². The maximum absolute atomic E-state index is 13.6. The van der Waals surface area contributed by atoms with Gasteiger partial charge in [0.2, 0.25) is 0 Å². The molecule has 0 spiro atoms. The van der Waals surface area contributed by atoms with E-state index in [2.05, 4.69) is 22.3 Å². The first-order valence-electron chi connectivity index (χ1n) is 12.8. The molecule has 8 nitrogen and oxygen atoms in total. The Labute approximate surface area is 224 Å². The average molecular weight is 536 g/mol. The molecule has 200 valence electrons. The second-order valence-electron chi connectivity index (χ2n) is 9.85. The molecule has 38 heavy (non-hydrogen) atoms. The fraction of sp³-hybridized carbons (Fsp3) is 0.345. The quantitative estimate of drug-likeness (QED) is 0.499. The highest BCUT2D eigenvalue weighted by Crippen LogP contribution is 2.37. The summed E-state index contributed by atoms with van der Waals surface area (Å²) >= 11 is 0. The summed E-state index contributed by atoms with van der Waals surface area (Å²) in [7, 11) is -3.89. The van der Waals surface area contributed by atoms with Gasteiger partial charge in [0, 0.05) is 26.2 Å². The molecule has 0 radical (unpaired) electrons. The van der Waals surface area contributed by atoms with Gasteiger partial charge >= 0.3 is 0 Å². The Balaban J connectivity index is 1.28. The molecule has 1 N–H and O–H groups in total. The number of hydrogen-bond acceptors (Lipinski definition) is 6. The molecule has 0 saturated carbocycles. The van der Waals surface area contributed by atoms with Gasteiger partial charge in [0.25, 0.3) is 15.9 Å². The van der Waals surface area contributed by atoms with Crippen LogP contribution in [-0.4, -0.2) is 58.2 Å². The molecule has 1 saturated heterocycles.